The van der Waals surface area contributed by atoms with Crippen LogP contribution in [0, 0.1) is 11.8 Å². The van der Waals surface area contributed by atoms with Gasteiger partial charge in [0.15, 0.2) is 0 Å². The standard InChI is InChI=1S/C11H21N/c1-2-12-11(10-6-7-10)8-5-9-3-4-9/h9-12H,2-8H2,1H3. The lowest BCUT2D eigenvalue weighted by Crippen LogP contribution is -2.30. The molecular weight excluding hydrogens is 146 g/mol. The summed E-state index contributed by atoms with van der Waals surface area (Å²) in [5.41, 5.74) is 0. The van der Waals surface area contributed by atoms with Gasteiger partial charge in [-0.05, 0) is 44.1 Å². The molecule has 1 heteroatoms. The van der Waals surface area contributed by atoms with Crippen LogP contribution in [0.3, 0.4) is 0 Å². The first kappa shape index (κ1) is 8.55. The maximum absolute atomic E-state index is 3.63. The van der Waals surface area contributed by atoms with Gasteiger partial charge in [-0.2, -0.15) is 0 Å². The van der Waals surface area contributed by atoms with E-state index < -0.39 is 0 Å². The lowest BCUT2D eigenvalue weighted by molar-refractivity contribution is 0.424. The normalized spacial score (nSPS) is 25.8. The molecule has 0 aromatic heterocycles. The fourth-order valence-electron chi connectivity index (χ4n) is 2.09. The Morgan fingerprint density at radius 1 is 1.25 bits per heavy atom. The molecule has 2 saturated carbocycles. The molecule has 12 heavy (non-hydrogen) atoms. The van der Waals surface area contributed by atoms with Crippen molar-refractivity contribution in [3.63, 3.8) is 0 Å². The van der Waals surface area contributed by atoms with E-state index in [9.17, 15) is 0 Å². The molecule has 2 fully saturated rings. The molecule has 0 aromatic carbocycles. The van der Waals surface area contributed by atoms with E-state index >= 15 is 0 Å². The Kier molecular flexibility index (Phi) is 2.69. The van der Waals surface area contributed by atoms with Crippen LogP contribution in [0.15, 0.2) is 0 Å². The SMILES string of the molecule is CCNC(CCC1CC1)C1CC1. The van der Waals surface area contributed by atoms with Crippen LogP contribution >= 0.6 is 0 Å². The average Bonchev–Trinajstić information content (AvgIpc) is 2.86. The fraction of sp³-hybridized carbons (Fsp3) is 1.00. The molecule has 0 spiro atoms. The maximum atomic E-state index is 3.63. The minimum atomic E-state index is 0.871. The number of nitrogens with one attached hydrogen (secondary N) is 1. The van der Waals surface area contributed by atoms with E-state index in [1.807, 2.05) is 0 Å². The predicted octanol–water partition coefficient (Wildman–Crippen LogP) is 2.56. The van der Waals surface area contributed by atoms with E-state index in [4.69, 9.17) is 0 Å². The molecule has 1 nitrogen and oxygen atoms in total. The first-order valence-electron chi connectivity index (χ1n) is 5.63. The van der Waals surface area contributed by atoms with Crippen molar-refractivity contribution in [3.8, 4) is 0 Å². The van der Waals surface area contributed by atoms with Gasteiger partial charge in [0.2, 0.25) is 0 Å². The van der Waals surface area contributed by atoms with Crippen LogP contribution in [0.4, 0.5) is 0 Å². The van der Waals surface area contributed by atoms with Crippen molar-refractivity contribution in [2.45, 2.75) is 51.5 Å². The van der Waals surface area contributed by atoms with Crippen molar-refractivity contribution in [3.05, 3.63) is 0 Å². The van der Waals surface area contributed by atoms with Gasteiger partial charge in [-0.25, -0.2) is 0 Å². The predicted molar refractivity (Wildman–Crippen MR) is 52.1 cm³/mol. The summed E-state index contributed by atoms with van der Waals surface area (Å²) in [7, 11) is 0. The summed E-state index contributed by atoms with van der Waals surface area (Å²) < 4.78 is 0. The zero-order valence-corrected chi connectivity index (χ0v) is 8.18. The second kappa shape index (κ2) is 3.78. The quantitative estimate of drug-likeness (QED) is 0.641. The highest BCUT2D eigenvalue weighted by molar-refractivity contribution is 4.87. The largest absolute Gasteiger partial charge is 0.314 e. The monoisotopic (exact) mass is 167 g/mol. The van der Waals surface area contributed by atoms with Gasteiger partial charge in [-0.15, -0.1) is 0 Å². The van der Waals surface area contributed by atoms with Crippen molar-refractivity contribution >= 4 is 0 Å². The zero-order valence-electron chi connectivity index (χ0n) is 8.18. The molecule has 1 atom stereocenters. The van der Waals surface area contributed by atoms with Gasteiger partial charge in [-0.3, -0.25) is 0 Å². The highest BCUT2D eigenvalue weighted by Gasteiger charge is 2.31. The van der Waals surface area contributed by atoms with Crippen LogP contribution in [0.2, 0.25) is 0 Å². The topological polar surface area (TPSA) is 12.0 Å². The smallest absolute Gasteiger partial charge is 0.00953 e. The van der Waals surface area contributed by atoms with E-state index in [-0.39, 0.29) is 0 Å². The van der Waals surface area contributed by atoms with Crippen molar-refractivity contribution in [2.75, 3.05) is 6.54 Å². The first-order valence-corrected chi connectivity index (χ1v) is 5.63. The summed E-state index contributed by atoms with van der Waals surface area (Å²) in [5, 5.41) is 3.63. The molecule has 0 aliphatic heterocycles. The third kappa shape index (κ3) is 2.48. The lowest BCUT2D eigenvalue weighted by Gasteiger charge is -2.16. The summed E-state index contributed by atoms with van der Waals surface area (Å²) in [6.45, 7) is 3.39. The second-order valence-electron chi connectivity index (χ2n) is 4.52. The Labute approximate surface area is 75.9 Å². The molecule has 0 bridgehead atoms. The third-order valence-electron chi connectivity index (χ3n) is 3.24. The highest BCUT2D eigenvalue weighted by Crippen LogP contribution is 2.38. The second-order valence-corrected chi connectivity index (χ2v) is 4.52. The molecule has 0 saturated heterocycles. The van der Waals surface area contributed by atoms with Crippen LogP contribution in [0.1, 0.15) is 45.4 Å². The number of hydrogen-bond acceptors (Lipinski definition) is 1. The van der Waals surface area contributed by atoms with Gasteiger partial charge in [0.05, 0.1) is 0 Å². The molecule has 2 aliphatic carbocycles. The van der Waals surface area contributed by atoms with Crippen molar-refractivity contribution in [1.29, 1.82) is 0 Å². The summed E-state index contributed by atoms with van der Waals surface area (Å²) in [5.74, 6) is 2.16. The highest BCUT2D eigenvalue weighted by atomic mass is 14.9. The van der Waals surface area contributed by atoms with E-state index in [1.54, 1.807) is 0 Å². The molecule has 0 heterocycles. The van der Waals surface area contributed by atoms with Gasteiger partial charge >= 0.3 is 0 Å². The molecular formula is C11H21N. The van der Waals surface area contributed by atoms with E-state index in [2.05, 4.69) is 12.2 Å². The van der Waals surface area contributed by atoms with Crippen LogP contribution in [-0.2, 0) is 0 Å². The number of rotatable bonds is 6. The van der Waals surface area contributed by atoms with Gasteiger partial charge in [0.1, 0.15) is 0 Å². The first-order chi connectivity index (χ1) is 5.90. The molecule has 1 N–H and O–H groups in total. The fourth-order valence-corrected chi connectivity index (χ4v) is 2.09. The lowest BCUT2D eigenvalue weighted by atomic mass is 10.0. The van der Waals surface area contributed by atoms with Crippen LogP contribution < -0.4 is 5.32 Å². The van der Waals surface area contributed by atoms with Gasteiger partial charge in [-0.1, -0.05) is 19.8 Å². The van der Waals surface area contributed by atoms with E-state index in [0.717, 1.165) is 24.4 Å². The number of hydrogen-bond donors (Lipinski definition) is 1. The van der Waals surface area contributed by atoms with E-state index in [1.165, 1.54) is 38.5 Å². The molecule has 0 amide bonds. The van der Waals surface area contributed by atoms with Crippen molar-refractivity contribution in [1.82, 2.24) is 5.32 Å². The molecule has 0 aromatic rings. The minimum Gasteiger partial charge on any atom is -0.314 e. The van der Waals surface area contributed by atoms with Gasteiger partial charge < -0.3 is 5.32 Å². The Morgan fingerprint density at radius 3 is 2.50 bits per heavy atom. The Balaban J connectivity index is 1.64. The van der Waals surface area contributed by atoms with Crippen LogP contribution in [-0.4, -0.2) is 12.6 Å². The Morgan fingerprint density at radius 2 is 2.00 bits per heavy atom. The average molecular weight is 167 g/mol. The van der Waals surface area contributed by atoms with Gasteiger partial charge in [0, 0.05) is 6.04 Å². The molecule has 70 valence electrons. The minimum absolute atomic E-state index is 0.871. The summed E-state index contributed by atoms with van der Waals surface area (Å²) in [6, 6.07) is 0.871. The van der Waals surface area contributed by atoms with Crippen LogP contribution in [0.5, 0.6) is 0 Å². The summed E-state index contributed by atoms with van der Waals surface area (Å²) in [4.78, 5) is 0. The molecule has 0 radical (unpaired) electrons. The molecule has 2 aliphatic rings. The molecule has 1 unspecified atom stereocenters. The van der Waals surface area contributed by atoms with Crippen molar-refractivity contribution < 1.29 is 0 Å². The van der Waals surface area contributed by atoms with E-state index in [0.29, 0.717) is 0 Å². The Hall–Kier alpha value is -0.0400. The maximum Gasteiger partial charge on any atom is 0.00953 e. The van der Waals surface area contributed by atoms with Gasteiger partial charge in [0.25, 0.3) is 0 Å². The zero-order chi connectivity index (χ0) is 8.39. The molecule has 2 rings (SSSR count). The van der Waals surface area contributed by atoms with Crippen molar-refractivity contribution in [2.24, 2.45) is 11.8 Å². The van der Waals surface area contributed by atoms with Crippen LogP contribution in [0.25, 0.3) is 0 Å². The Bertz CT molecular complexity index is 136. The summed E-state index contributed by atoms with van der Waals surface area (Å²) in [6.07, 6.45) is 8.95. The third-order valence-corrected chi connectivity index (χ3v) is 3.24. The summed E-state index contributed by atoms with van der Waals surface area (Å²) >= 11 is 0.